The highest BCUT2D eigenvalue weighted by Gasteiger charge is 2.25. The van der Waals surface area contributed by atoms with E-state index in [9.17, 15) is 9.59 Å². The first-order chi connectivity index (χ1) is 9.16. The zero-order valence-corrected chi connectivity index (χ0v) is 12.1. The van der Waals surface area contributed by atoms with Crippen LogP contribution in [0.3, 0.4) is 0 Å². The second-order valence-corrected chi connectivity index (χ2v) is 5.97. The van der Waals surface area contributed by atoms with Crippen molar-refractivity contribution in [1.29, 1.82) is 0 Å². The minimum absolute atomic E-state index is 0.145. The molecule has 1 atom stereocenters. The van der Waals surface area contributed by atoms with Gasteiger partial charge >= 0.3 is 0 Å². The lowest BCUT2D eigenvalue weighted by molar-refractivity contribution is -0.135. The smallest absolute Gasteiger partial charge is 0.222 e. The Balaban J connectivity index is 1.82. The maximum atomic E-state index is 12.3. The Labute approximate surface area is 116 Å². The molecule has 0 aromatic carbocycles. The molecule has 2 aliphatic heterocycles. The summed E-state index contributed by atoms with van der Waals surface area (Å²) in [6.07, 6.45) is 7.56. The van der Waals surface area contributed by atoms with Gasteiger partial charge in [0.05, 0.1) is 0 Å². The number of piperidine rings is 1. The number of amides is 2. The van der Waals surface area contributed by atoms with E-state index >= 15 is 0 Å². The molecule has 1 unspecified atom stereocenters. The Hall–Kier alpha value is -1.06. The minimum Gasteiger partial charge on any atom is -0.343 e. The molecule has 0 radical (unpaired) electrons. The van der Waals surface area contributed by atoms with E-state index in [0.717, 1.165) is 51.9 Å². The zero-order chi connectivity index (χ0) is 13.7. The Kier molecular flexibility index (Phi) is 5.23. The van der Waals surface area contributed by atoms with E-state index in [1.165, 1.54) is 12.8 Å². The first-order valence-corrected chi connectivity index (χ1v) is 7.70. The topological polar surface area (TPSA) is 40.6 Å². The van der Waals surface area contributed by atoms with Crippen molar-refractivity contribution in [3.63, 3.8) is 0 Å². The molecule has 108 valence electrons. The Morgan fingerprint density at radius 2 is 1.58 bits per heavy atom. The van der Waals surface area contributed by atoms with Crippen molar-refractivity contribution >= 4 is 11.8 Å². The summed E-state index contributed by atoms with van der Waals surface area (Å²) >= 11 is 0. The molecule has 19 heavy (non-hydrogen) atoms. The maximum Gasteiger partial charge on any atom is 0.222 e. The average Bonchev–Trinajstić information content (AvgIpc) is 2.68. The van der Waals surface area contributed by atoms with Gasteiger partial charge in [0, 0.05) is 39.5 Å². The molecule has 2 heterocycles. The molecule has 2 saturated heterocycles. The van der Waals surface area contributed by atoms with Crippen LogP contribution in [0.4, 0.5) is 0 Å². The fourth-order valence-corrected chi connectivity index (χ4v) is 3.21. The summed E-state index contributed by atoms with van der Waals surface area (Å²) in [5.74, 6) is 0.817. The Bertz CT molecular complexity index is 322. The highest BCUT2D eigenvalue weighted by atomic mass is 16.2. The number of rotatable bonds is 2. The van der Waals surface area contributed by atoms with E-state index in [2.05, 4.69) is 0 Å². The van der Waals surface area contributed by atoms with Gasteiger partial charge < -0.3 is 9.80 Å². The van der Waals surface area contributed by atoms with Gasteiger partial charge in [-0.1, -0.05) is 12.8 Å². The van der Waals surface area contributed by atoms with Crippen molar-refractivity contribution in [2.24, 2.45) is 5.92 Å². The lowest BCUT2D eigenvalue weighted by Gasteiger charge is -2.33. The van der Waals surface area contributed by atoms with E-state index in [4.69, 9.17) is 0 Å². The van der Waals surface area contributed by atoms with Crippen LogP contribution in [0.25, 0.3) is 0 Å². The summed E-state index contributed by atoms with van der Waals surface area (Å²) in [6, 6.07) is 0. The van der Waals surface area contributed by atoms with Gasteiger partial charge in [-0.25, -0.2) is 0 Å². The molecule has 0 aromatic heterocycles. The maximum absolute atomic E-state index is 12.3. The molecule has 2 fully saturated rings. The van der Waals surface area contributed by atoms with Gasteiger partial charge in [0.1, 0.15) is 0 Å². The van der Waals surface area contributed by atoms with Gasteiger partial charge in [-0.05, 0) is 31.6 Å². The summed E-state index contributed by atoms with van der Waals surface area (Å²) in [5.41, 5.74) is 0. The SMILES string of the molecule is CC(=O)N1CCCC(CC(=O)N2CCCCCC2)C1. The van der Waals surface area contributed by atoms with Crippen LogP contribution >= 0.6 is 0 Å². The number of likely N-dealkylation sites (tertiary alicyclic amines) is 2. The molecular weight excluding hydrogens is 240 g/mol. The van der Waals surface area contributed by atoms with Crippen molar-refractivity contribution in [3.05, 3.63) is 0 Å². The van der Waals surface area contributed by atoms with Gasteiger partial charge in [-0.15, -0.1) is 0 Å². The first-order valence-electron chi connectivity index (χ1n) is 7.70. The fourth-order valence-electron chi connectivity index (χ4n) is 3.21. The van der Waals surface area contributed by atoms with Gasteiger partial charge in [0.15, 0.2) is 0 Å². The second-order valence-electron chi connectivity index (χ2n) is 5.97. The van der Waals surface area contributed by atoms with Crippen LogP contribution in [0.2, 0.25) is 0 Å². The van der Waals surface area contributed by atoms with Crippen molar-refractivity contribution in [3.8, 4) is 0 Å². The van der Waals surface area contributed by atoms with Crippen LogP contribution in [-0.4, -0.2) is 47.8 Å². The third-order valence-corrected chi connectivity index (χ3v) is 4.39. The summed E-state index contributed by atoms with van der Waals surface area (Å²) in [5, 5.41) is 0. The molecule has 0 spiro atoms. The first kappa shape index (κ1) is 14.4. The van der Waals surface area contributed by atoms with E-state index < -0.39 is 0 Å². The molecule has 2 aliphatic rings. The van der Waals surface area contributed by atoms with Gasteiger partial charge in [-0.3, -0.25) is 9.59 Å². The monoisotopic (exact) mass is 266 g/mol. The average molecular weight is 266 g/mol. The molecular formula is C15H26N2O2. The minimum atomic E-state index is 0.145. The van der Waals surface area contributed by atoms with Crippen LogP contribution in [0, 0.1) is 5.92 Å². The van der Waals surface area contributed by atoms with E-state index in [1.54, 1.807) is 6.92 Å². The molecule has 4 heteroatoms. The number of carbonyl (C=O) groups is 2. The van der Waals surface area contributed by atoms with E-state index in [1.807, 2.05) is 9.80 Å². The Morgan fingerprint density at radius 1 is 0.947 bits per heavy atom. The van der Waals surface area contributed by atoms with Gasteiger partial charge in [-0.2, -0.15) is 0 Å². The highest BCUT2D eigenvalue weighted by molar-refractivity contribution is 5.77. The van der Waals surface area contributed by atoms with Gasteiger partial charge in [0.2, 0.25) is 11.8 Å². The number of nitrogens with zero attached hydrogens (tertiary/aromatic N) is 2. The quantitative estimate of drug-likeness (QED) is 0.767. The predicted molar refractivity (Wildman–Crippen MR) is 74.6 cm³/mol. The largest absolute Gasteiger partial charge is 0.343 e. The van der Waals surface area contributed by atoms with Crippen molar-refractivity contribution < 1.29 is 9.59 Å². The standard InChI is InChI=1S/C15H26N2O2/c1-13(18)17-10-6-7-14(12-17)11-15(19)16-8-4-2-3-5-9-16/h14H,2-12H2,1H3. The third kappa shape index (κ3) is 4.22. The van der Waals surface area contributed by atoms with Crippen LogP contribution in [0.5, 0.6) is 0 Å². The molecule has 4 nitrogen and oxygen atoms in total. The molecule has 0 N–H and O–H groups in total. The Morgan fingerprint density at radius 3 is 2.21 bits per heavy atom. The third-order valence-electron chi connectivity index (χ3n) is 4.39. The van der Waals surface area contributed by atoms with Crippen LogP contribution in [-0.2, 0) is 9.59 Å². The van der Waals surface area contributed by atoms with Crippen molar-refractivity contribution in [2.45, 2.75) is 51.9 Å². The summed E-state index contributed by atoms with van der Waals surface area (Å²) < 4.78 is 0. The lowest BCUT2D eigenvalue weighted by Crippen LogP contribution is -2.41. The molecule has 2 amide bonds. The normalized spacial score (nSPS) is 25.0. The van der Waals surface area contributed by atoms with Crippen LogP contribution in [0.1, 0.15) is 51.9 Å². The molecule has 0 bridgehead atoms. The predicted octanol–water partition coefficient (Wildman–Crippen LogP) is 2.04. The molecule has 0 aliphatic carbocycles. The lowest BCUT2D eigenvalue weighted by atomic mass is 9.94. The number of carbonyl (C=O) groups excluding carboxylic acids is 2. The van der Waals surface area contributed by atoms with Crippen molar-refractivity contribution in [1.82, 2.24) is 9.80 Å². The fraction of sp³-hybridized carbons (Fsp3) is 0.867. The highest BCUT2D eigenvalue weighted by Crippen LogP contribution is 2.21. The summed E-state index contributed by atoms with van der Waals surface area (Å²) in [6.45, 7) is 5.13. The molecule has 2 rings (SSSR count). The molecule has 0 saturated carbocycles. The van der Waals surface area contributed by atoms with E-state index in [-0.39, 0.29) is 5.91 Å². The van der Waals surface area contributed by atoms with Crippen LogP contribution in [0.15, 0.2) is 0 Å². The van der Waals surface area contributed by atoms with Gasteiger partial charge in [0.25, 0.3) is 0 Å². The van der Waals surface area contributed by atoms with Crippen molar-refractivity contribution in [2.75, 3.05) is 26.2 Å². The number of hydrogen-bond acceptors (Lipinski definition) is 2. The van der Waals surface area contributed by atoms with Crippen LogP contribution < -0.4 is 0 Å². The zero-order valence-electron chi connectivity index (χ0n) is 12.1. The summed E-state index contributed by atoms with van der Waals surface area (Å²) in [4.78, 5) is 27.7. The number of hydrogen-bond donors (Lipinski definition) is 0. The van der Waals surface area contributed by atoms with E-state index in [0.29, 0.717) is 18.2 Å². The summed E-state index contributed by atoms with van der Waals surface area (Å²) in [7, 11) is 0. The second kappa shape index (κ2) is 6.92. The molecule has 0 aromatic rings.